The highest BCUT2D eigenvalue weighted by Crippen LogP contribution is 2.40. The summed E-state index contributed by atoms with van der Waals surface area (Å²) in [5.74, 6) is 0.730. The van der Waals surface area contributed by atoms with E-state index in [2.05, 4.69) is 90.4 Å². The van der Waals surface area contributed by atoms with E-state index in [4.69, 9.17) is 4.42 Å². The first-order valence-electron chi connectivity index (χ1n) is 12.0. The zero-order valence-electron chi connectivity index (χ0n) is 19.6. The maximum atomic E-state index is 6.41. The fourth-order valence-corrected chi connectivity index (χ4v) is 5.56. The fraction of sp³-hybridized carbons (Fsp3) is 0.267. The van der Waals surface area contributed by atoms with Crippen LogP contribution in [0, 0.1) is 13.8 Å². The molecule has 164 valence electrons. The van der Waals surface area contributed by atoms with Gasteiger partial charge in [-0.25, -0.2) is 9.55 Å². The molecule has 6 rings (SSSR count). The normalized spacial score (nSPS) is 14.5. The van der Waals surface area contributed by atoms with E-state index in [9.17, 15) is 0 Å². The predicted octanol–water partition coefficient (Wildman–Crippen LogP) is 7.41. The SMILES string of the molecule is Cc1ccc2c(n1)oc1c(-c3c(-c4ccc(C5CCCC5)cc4)ccc[n+]3C)c(C)ccc12. The van der Waals surface area contributed by atoms with Gasteiger partial charge in [0.05, 0.1) is 11.1 Å². The van der Waals surface area contributed by atoms with E-state index in [0.29, 0.717) is 5.71 Å². The van der Waals surface area contributed by atoms with Gasteiger partial charge < -0.3 is 4.42 Å². The van der Waals surface area contributed by atoms with Crippen LogP contribution in [0.25, 0.3) is 44.5 Å². The number of hydrogen-bond donors (Lipinski definition) is 0. The van der Waals surface area contributed by atoms with Crippen molar-refractivity contribution in [3.8, 4) is 22.4 Å². The van der Waals surface area contributed by atoms with Crippen LogP contribution in [0.15, 0.2) is 71.3 Å². The summed E-state index contributed by atoms with van der Waals surface area (Å²) in [4.78, 5) is 4.65. The van der Waals surface area contributed by atoms with E-state index in [-0.39, 0.29) is 0 Å². The smallest absolute Gasteiger partial charge is 0.227 e. The van der Waals surface area contributed by atoms with Gasteiger partial charge in [0.25, 0.3) is 0 Å². The minimum atomic E-state index is 0.706. The van der Waals surface area contributed by atoms with Crippen molar-refractivity contribution in [3.63, 3.8) is 0 Å². The summed E-state index contributed by atoms with van der Waals surface area (Å²) in [5.41, 5.74) is 10.0. The van der Waals surface area contributed by atoms with Crippen molar-refractivity contribution in [1.29, 1.82) is 0 Å². The van der Waals surface area contributed by atoms with Gasteiger partial charge in [-0.15, -0.1) is 0 Å². The quantitative estimate of drug-likeness (QED) is 0.277. The number of nitrogens with zero attached hydrogens (tertiary/aromatic N) is 2. The van der Waals surface area contributed by atoms with Crippen LogP contribution in [0.4, 0.5) is 0 Å². The van der Waals surface area contributed by atoms with Gasteiger partial charge in [0.1, 0.15) is 7.05 Å². The summed E-state index contributed by atoms with van der Waals surface area (Å²) < 4.78 is 8.62. The van der Waals surface area contributed by atoms with Crippen molar-refractivity contribution in [1.82, 2.24) is 4.98 Å². The molecular formula is C30H29N2O+. The van der Waals surface area contributed by atoms with Gasteiger partial charge in [0.15, 0.2) is 11.8 Å². The molecule has 0 amide bonds. The monoisotopic (exact) mass is 433 g/mol. The van der Waals surface area contributed by atoms with E-state index in [0.717, 1.165) is 33.5 Å². The predicted molar refractivity (Wildman–Crippen MR) is 134 cm³/mol. The second-order valence-electron chi connectivity index (χ2n) is 9.53. The third-order valence-corrected chi connectivity index (χ3v) is 7.32. The van der Waals surface area contributed by atoms with Crippen molar-refractivity contribution >= 4 is 22.1 Å². The standard InChI is InChI=1S/C30H29N2O/c1-19-10-16-25-26-17-11-20(2)31-30(26)33-29(25)27(19)28-24(9-6-18-32(28)3)23-14-12-22(13-15-23)21-7-4-5-8-21/h6,9-18,21H,4-5,7-8H2,1-3H3/q+1. The van der Waals surface area contributed by atoms with Crippen molar-refractivity contribution in [2.45, 2.75) is 45.4 Å². The lowest BCUT2D eigenvalue weighted by molar-refractivity contribution is -0.659. The van der Waals surface area contributed by atoms with Gasteiger partial charge in [-0.2, -0.15) is 0 Å². The molecule has 2 aromatic carbocycles. The van der Waals surface area contributed by atoms with Crippen LogP contribution >= 0.6 is 0 Å². The minimum absolute atomic E-state index is 0.706. The lowest BCUT2D eigenvalue weighted by Gasteiger charge is -2.13. The Morgan fingerprint density at radius 1 is 0.879 bits per heavy atom. The Bertz CT molecular complexity index is 1490. The molecule has 0 saturated heterocycles. The van der Waals surface area contributed by atoms with E-state index in [1.54, 1.807) is 0 Å². The lowest BCUT2D eigenvalue weighted by atomic mass is 9.92. The second-order valence-corrected chi connectivity index (χ2v) is 9.53. The molecule has 0 atom stereocenters. The molecule has 0 N–H and O–H groups in total. The van der Waals surface area contributed by atoms with Gasteiger partial charge in [-0.1, -0.05) is 49.2 Å². The summed E-state index contributed by atoms with van der Waals surface area (Å²) in [6.07, 6.45) is 7.49. The molecule has 0 radical (unpaired) electrons. The van der Waals surface area contributed by atoms with Gasteiger partial charge in [0, 0.05) is 22.5 Å². The van der Waals surface area contributed by atoms with Crippen LogP contribution in [-0.4, -0.2) is 4.98 Å². The minimum Gasteiger partial charge on any atom is -0.437 e. The Morgan fingerprint density at radius 2 is 1.64 bits per heavy atom. The molecule has 0 spiro atoms. The van der Waals surface area contributed by atoms with Gasteiger partial charge >= 0.3 is 0 Å². The number of furan rings is 1. The van der Waals surface area contributed by atoms with E-state index >= 15 is 0 Å². The molecule has 3 aromatic heterocycles. The van der Waals surface area contributed by atoms with E-state index in [1.807, 2.05) is 6.92 Å². The van der Waals surface area contributed by atoms with Crippen LogP contribution in [0.3, 0.4) is 0 Å². The lowest BCUT2D eigenvalue weighted by Crippen LogP contribution is -2.31. The number of pyridine rings is 2. The first-order chi connectivity index (χ1) is 16.1. The average Bonchev–Trinajstić information content (AvgIpc) is 3.47. The molecule has 0 unspecified atom stereocenters. The Labute approximate surface area is 194 Å². The molecule has 0 bridgehead atoms. The van der Waals surface area contributed by atoms with Crippen molar-refractivity contribution in [2.75, 3.05) is 0 Å². The van der Waals surface area contributed by atoms with Crippen LogP contribution in [0.5, 0.6) is 0 Å². The molecule has 33 heavy (non-hydrogen) atoms. The molecule has 5 aromatic rings. The summed E-state index contributed by atoms with van der Waals surface area (Å²) >= 11 is 0. The number of benzene rings is 2. The third-order valence-electron chi connectivity index (χ3n) is 7.32. The van der Waals surface area contributed by atoms with Crippen molar-refractivity contribution in [2.24, 2.45) is 7.05 Å². The molecule has 1 aliphatic rings. The molecule has 0 aliphatic heterocycles. The summed E-state index contributed by atoms with van der Waals surface area (Å²) in [5, 5.41) is 2.18. The Kier molecular flexibility index (Phi) is 4.79. The molecule has 3 nitrogen and oxygen atoms in total. The first-order valence-corrected chi connectivity index (χ1v) is 12.0. The zero-order valence-corrected chi connectivity index (χ0v) is 19.6. The molecular weight excluding hydrogens is 404 g/mol. The largest absolute Gasteiger partial charge is 0.437 e. The maximum absolute atomic E-state index is 6.41. The number of hydrogen-bond acceptors (Lipinski definition) is 2. The first kappa shape index (κ1) is 20.2. The summed E-state index contributed by atoms with van der Waals surface area (Å²) in [7, 11) is 2.12. The highest BCUT2D eigenvalue weighted by atomic mass is 16.3. The Morgan fingerprint density at radius 3 is 2.42 bits per heavy atom. The second kappa shape index (κ2) is 7.84. The Balaban J connectivity index is 1.56. The van der Waals surface area contributed by atoms with Crippen molar-refractivity contribution < 1.29 is 8.98 Å². The topological polar surface area (TPSA) is 29.9 Å². The van der Waals surface area contributed by atoms with E-state index in [1.165, 1.54) is 53.6 Å². The van der Waals surface area contributed by atoms with Crippen LogP contribution < -0.4 is 4.57 Å². The average molecular weight is 434 g/mol. The number of rotatable bonds is 3. The molecule has 1 saturated carbocycles. The highest BCUT2D eigenvalue weighted by molar-refractivity contribution is 6.09. The Hall–Kier alpha value is -3.46. The third kappa shape index (κ3) is 3.34. The number of fused-ring (bicyclic) bond motifs is 3. The summed E-state index contributed by atoms with van der Waals surface area (Å²) in [6.45, 7) is 4.17. The molecule has 1 fully saturated rings. The zero-order chi connectivity index (χ0) is 22.5. The highest BCUT2D eigenvalue weighted by Gasteiger charge is 2.25. The van der Waals surface area contributed by atoms with Crippen LogP contribution in [-0.2, 0) is 7.05 Å². The molecule has 3 heterocycles. The van der Waals surface area contributed by atoms with E-state index < -0.39 is 0 Å². The number of aryl methyl sites for hydroxylation is 3. The van der Waals surface area contributed by atoms with Crippen LogP contribution in [0.1, 0.15) is 48.4 Å². The van der Waals surface area contributed by atoms with Gasteiger partial charge in [-0.3, -0.25) is 0 Å². The molecule has 1 aliphatic carbocycles. The van der Waals surface area contributed by atoms with Gasteiger partial charge in [-0.05, 0) is 67.5 Å². The van der Waals surface area contributed by atoms with Crippen molar-refractivity contribution in [3.05, 3.63) is 83.7 Å². The maximum Gasteiger partial charge on any atom is 0.227 e. The molecule has 3 heteroatoms. The fourth-order valence-electron chi connectivity index (χ4n) is 5.56. The van der Waals surface area contributed by atoms with Gasteiger partial charge in [0.2, 0.25) is 11.4 Å². The summed E-state index contributed by atoms with van der Waals surface area (Å²) in [6, 6.07) is 22.2. The van der Waals surface area contributed by atoms with Crippen LogP contribution in [0.2, 0.25) is 0 Å². The number of aromatic nitrogens is 2.